The second-order valence-corrected chi connectivity index (χ2v) is 11.3. The lowest BCUT2D eigenvalue weighted by Crippen LogP contribution is -2.47. The molecular formula is C27H30FN9O2S. The molecule has 11 nitrogen and oxygen atoms in total. The molecule has 0 saturated carbocycles. The van der Waals surface area contributed by atoms with E-state index in [0.29, 0.717) is 42.1 Å². The van der Waals surface area contributed by atoms with Crippen LogP contribution < -0.4 is 10.6 Å². The van der Waals surface area contributed by atoms with E-state index in [2.05, 4.69) is 30.9 Å². The van der Waals surface area contributed by atoms with Crippen LogP contribution in [0.3, 0.4) is 0 Å². The van der Waals surface area contributed by atoms with Crippen molar-refractivity contribution in [2.45, 2.75) is 41.9 Å². The van der Waals surface area contributed by atoms with Gasteiger partial charge in [-0.3, -0.25) is 19.6 Å². The van der Waals surface area contributed by atoms with Crippen molar-refractivity contribution in [2.24, 2.45) is 0 Å². The Morgan fingerprint density at radius 3 is 2.70 bits per heavy atom. The lowest BCUT2D eigenvalue weighted by atomic mass is 10.0. The van der Waals surface area contributed by atoms with Crippen molar-refractivity contribution >= 4 is 46.4 Å². The Bertz CT molecular complexity index is 1530. The quantitative estimate of drug-likeness (QED) is 0.297. The number of anilines is 3. The number of nitrogens with one attached hydrogen (secondary N) is 3. The van der Waals surface area contributed by atoms with Gasteiger partial charge >= 0.3 is 0 Å². The fraction of sp³-hybridized carbons (Fsp3) is 0.370. The van der Waals surface area contributed by atoms with E-state index in [4.69, 9.17) is 0 Å². The molecule has 0 bridgehead atoms. The molecule has 2 aliphatic heterocycles. The monoisotopic (exact) mass is 563 g/mol. The Hall–Kier alpha value is -3.97. The third kappa shape index (κ3) is 5.65. The molecule has 0 radical (unpaired) electrons. The summed E-state index contributed by atoms with van der Waals surface area (Å²) in [7, 11) is 0. The molecule has 2 saturated heterocycles. The van der Waals surface area contributed by atoms with Gasteiger partial charge in [0, 0.05) is 61.1 Å². The Balaban J connectivity index is 1.05. The van der Waals surface area contributed by atoms with Crippen molar-refractivity contribution in [3.8, 4) is 0 Å². The third-order valence-corrected chi connectivity index (χ3v) is 7.98. The largest absolute Gasteiger partial charge is 0.340 e. The first-order valence-corrected chi connectivity index (χ1v) is 14.1. The van der Waals surface area contributed by atoms with Gasteiger partial charge in [0.2, 0.25) is 16.7 Å². The summed E-state index contributed by atoms with van der Waals surface area (Å²) in [5.74, 6) is 0.628. The maximum absolute atomic E-state index is 15.3. The van der Waals surface area contributed by atoms with Crippen LogP contribution in [0, 0.1) is 6.92 Å². The predicted octanol–water partition coefficient (Wildman–Crippen LogP) is 3.63. The molecular weight excluding hydrogens is 533 g/mol. The minimum atomic E-state index is -1.90. The average molecular weight is 564 g/mol. The summed E-state index contributed by atoms with van der Waals surface area (Å²) in [6.45, 7) is 3.53. The number of aromatic amines is 1. The number of aromatic nitrogens is 5. The van der Waals surface area contributed by atoms with Crippen molar-refractivity contribution in [3.05, 3.63) is 54.4 Å². The molecule has 2 amide bonds. The first-order chi connectivity index (χ1) is 19.3. The summed E-state index contributed by atoms with van der Waals surface area (Å²) in [6, 6.07) is 13.1. The molecule has 3 N–H and O–H groups in total. The average Bonchev–Trinajstić information content (AvgIpc) is 3.74. The zero-order valence-corrected chi connectivity index (χ0v) is 22.9. The third-order valence-electron chi connectivity index (χ3n) is 7.11. The number of carbonyl (C=O) groups excluding carboxylic acids is 2. The number of H-pyrrole nitrogens is 1. The summed E-state index contributed by atoms with van der Waals surface area (Å²) in [4.78, 5) is 34.2. The smallest absolute Gasteiger partial charge is 0.261 e. The van der Waals surface area contributed by atoms with Gasteiger partial charge in [-0.25, -0.2) is 13.9 Å². The number of nitrogens with zero attached hydrogens (tertiary/aromatic N) is 6. The zero-order chi connectivity index (χ0) is 27.7. The van der Waals surface area contributed by atoms with E-state index in [1.54, 1.807) is 26.4 Å². The molecule has 1 aromatic carbocycles. The minimum absolute atomic E-state index is 0.0332. The molecule has 208 valence electrons. The van der Waals surface area contributed by atoms with E-state index in [-0.39, 0.29) is 25.4 Å². The van der Waals surface area contributed by atoms with Crippen LogP contribution in [0.25, 0.3) is 5.52 Å². The number of alkyl halides is 1. The number of aryl methyl sites for hydroxylation is 1. The Morgan fingerprint density at radius 1 is 1.15 bits per heavy atom. The standard InChI is InChI=1S/C27H30FN9O2S/c1-18-15-22(33-32-18)30-24-21-5-4-13-37(21)34-26(31-24)40-20-8-6-19(7-9-20)29-23(38)16-35-14-10-27(28,17-35)25(39)36-11-2-3-12-36/h4-9,13,15H,2-3,10-12,14,16-17H2,1H3,(H,29,38)(H2,30,31,32,33,34)/t27-/m1/s1. The fourth-order valence-corrected chi connectivity index (χ4v) is 5.88. The number of hydrogen-bond acceptors (Lipinski definition) is 8. The molecule has 2 fully saturated rings. The molecule has 5 heterocycles. The first-order valence-electron chi connectivity index (χ1n) is 13.3. The number of halogens is 1. The number of carbonyl (C=O) groups is 2. The van der Waals surface area contributed by atoms with E-state index < -0.39 is 11.6 Å². The van der Waals surface area contributed by atoms with Crippen molar-refractivity contribution in [1.82, 2.24) is 34.6 Å². The number of likely N-dealkylation sites (tertiary alicyclic amines) is 2. The molecule has 4 aromatic rings. The second kappa shape index (κ2) is 10.9. The highest BCUT2D eigenvalue weighted by Crippen LogP contribution is 2.30. The zero-order valence-electron chi connectivity index (χ0n) is 22.1. The van der Waals surface area contributed by atoms with E-state index in [9.17, 15) is 9.59 Å². The number of fused-ring (bicyclic) bond motifs is 1. The fourth-order valence-electron chi connectivity index (χ4n) is 5.13. The van der Waals surface area contributed by atoms with E-state index in [1.165, 1.54) is 11.8 Å². The van der Waals surface area contributed by atoms with Gasteiger partial charge in [-0.2, -0.15) is 5.10 Å². The highest BCUT2D eigenvalue weighted by Gasteiger charge is 2.47. The molecule has 0 unspecified atom stereocenters. The molecule has 0 aliphatic carbocycles. The molecule has 2 aliphatic rings. The van der Waals surface area contributed by atoms with Crippen LogP contribution in [-0.2, 0) is 9.59 Å². The summed E-state index contributed by atoms with van der Waals surface area (Å²) in [5.41, 5.74) is 0.493. The highest BCUT2D eigenvalue weighted by atomic mass is 32.2. The minimum Gasteiger partial charge on any atom is -0.340 e. The van der Waals surface area contributed by atoms with Gasteiger partial charge < -0.3 is 15.5 Å². The maximum Gasteiger partial charge on any atom is 0.261 e. The number of amides is 2. The normalized spacial score (nSPS) is 19.4. The van der Waals surface area contributed by atoms with Gasteiger partial charge in [-0.1, -0.05) is 0 Å². The molecule has 40 heavy (non-hydrogen) atoms. The van der Waals surface area contributed by atoms with Crippen molar-refractivity contribution in [2.75, 3.05) is 43.4 Å². The molecule has 3 aromatic heterocycles. The second-order valence-electron chi connectivity index (χ2n) is 10.2. The van der Waals surface area contributed by atoms with Crippen molar-refractivity contribution < 1.29 is 14.0 Å². The number of benzene rings is 1. The van der Waals surface area contributed by atoms with Crippen LogP contribution in [0.1, 0.15) is 25.0 Å². The van der Waals surface area contributed by atoms with E-state index in [1.807, 2.05) is 43.5 Å². The van der Waals surface area contributed by atoms with Gasteiger partial charge in [0.05, 0.1) is 6.54 Å². The SMILES string of the molecule is Cc1cc(Nc2nc(Sc3ccc(NC(=O)CN4CC[C@](F)(C(=O)N5CCCC5)C4)cc3)nn3cccc23)n[nH]1. The van der Waals surface area contributed by atoms with Crippen LogP contribution in [0.2, 0.25) is 0 Å². The van der Waals surface area contributed by atoms with E-state index >= 15 is 4.39 Å². The summed E-state index contributed by atoms with van der Waals surface area (Å²) in [5, 5.41) is 18.4. The van der Waals surface area contributed by atoms with Gasteiger partial charge in [0.1, 0.15) is 5.52 Å². The Kier molecular flexibility index (Phi) is 7.15. The summed E-state index contributed by atoms with van der Waals surface area (Å²) in [6.07, 6.45) is 3.82. The van der Waals surface area contributed by atoms with Crippen LogP contribution in [0.5, 0.6) is 0 Å². The van der Waals surface area contributed by atoms with E-state index in [0.717, 1.165) is 28.9 Å². The van der Waals surface area contributed by atoms with Crippen molar-refractivity contribution in [1.29, 1.82) is 0 Å². The van der Waals surface area contributed by atoms with Gasteiger partial charge in [0.15, 0.2) is 11.6 Å². The summed E-state index contributed by atoms with van der Waals surface area (Å²) < 4.78 is 17.1. The lowest BCUT2D eigenvalue weighted by molar-refractivity contribution is -0.142. The van der Waals surface area contributed by atoms with Gasteiger partial charge in [-0.05, 0) is 67.9 Å². The molecule has 0 spiro atoms. The summed E-state index contributed by atoms with van der Waals surface area (Å²) >= 11 is 1.39. The lowest BCUT2D eigenvalue weighted by Gasteiger charge is -2.25. The molecule has 1 atom stereocenters. The Labute approximate surface area is 234 Å². The van der Waals surface area contributed by atoms with Crippen LogP contribution in [0.4, 0.5) is 21.7 Å². The molecule has 6 rings (SSSR count). The van der Waals surface area contributed by atoms with Gasteiger partial charge in [-0.15, -0.1) is 5.10 Å². The van der Waals surface area contributed by atoms with Gasteiger partial charge in [0.25, 0.3) is 5.91 Å². The Morgan fingerprint density at radius 2 is 1.95 bits per heavy atom. The maximum atomic E-state index is 15.3. The van der Waals surface area contributed by atoms with Crippen LogP contribution in [-0.4, -0.2) is 84.8 Å². The highest BCUT2D eigenvalue weighted by molar-refractivity contribution is 7.99. The van der Waals surface area contributed by atoms with Crippen LogP contribution in [0.15, 0.2) is 58.7 Å². The number of hydrogen-bond donors (Lipinski definition) is 3. The first kappa shape index (κ1) is 26.3. The number of rotatable bonds is 8. The predicted molar refractivity (Wildman–Crippen MR) is 149 cm³/mol. The topological polar surface area (TPSA) is 124 Å². The molecule has 13 heteroatoms. The van der Waals surface area contributed by atoms with Crippen LogP contribution >= 0.6 is 11.8 Å². The van der Waals surface area contributed by atoms with Crippen molar-refractivity contribution in [3.63, 3.8) is 0 Å².